The highest BCUT2D eigenvalue weighted by molar-refractivity contribution is 5.96. The van der Waals surface area contributed by atoms with Crippen molar-refractivity contribution in [3.8, 4) is 0 Å². The zero-order valence-corrected chi connectivity index (χ0v) is 9.11. The Morgan fingerprint density at radius 1 is 1.60 bits per heavy atom. The lowest BCUT2D eigenvalue weighted by Gasteiger charge is -2.03. The number of fused-ring (bicyclic) bond motifs is 1. The van der Waals surface area contributed by atoms with E-state index in [1.54, 1.807) is 10.7 Å². The second-order valence-electron chi connectivity index (χ2n) is 4.14. The van der Waals surface area contributed by atoms with E-state index in [0.717, 1.165) is 17.7 Å². The third-order valence-electron chi connectivity index (χ3n) is 2.21. The predicted molar refractivity (Wildman–Crippen MR) is 56.7 cm³/mol. The predicted octanol–water partition coefficient (Wildman–Crippen LogP) is 1.62. The van der Waals surface area contributed by atoms with Crippen LogP contribution >= 0.6 is 0 Å². The van der Waals surface area contributed by atoms with Crippen LogP contribution in [0, 0.1) is 5.92 Å². The van der Waals surface area contributed by atoms with Crippen molar-refractivity contribution in [3.05, 3.63) is 11.8 Å². The highest BCUT2D eigenvalue weighted by Crippen LogP contribution is 2.13. The lowest BCUT2D eigenvalue weighted by atomic mass is 10.2. The molecule has 0 unspecified atom stereocenters. The molecule has 0 amide bonds. The van der Waals surface area contributed by atoms with Crippen LogP contribution < -0.4 is 0 Å². The zero-order chi connectivity index (χ0) is 11.0. The van der Waals surface area contributed by atoms with E-state index in [-0.39, 0.29) is 5.78 Å². The number of Topliss-reactive ketones (excluding diaryl/α,β-unsaturated/α-hetero) is 1. The van der Waals surface area contributed by atoms with Gasteiger partial charge in [0.05, 0.1) is 5.69 Å². The first-order valence-electron chi connectivity index (χ1n) is 5.01. The second-order valence-corrected chi connectivity index (χ2v) is 4.14. The molecule has 0 radical (unpaired) electrons. The molecule has 15 heavy (non-hydrogen) atoms. The molecule has 0 fully saturated rings. The molecule has 0 bridgehead atoms. The summed E-state index contributed by atoms with van der Waals surface area (Å²) in [5, 5.41) is 8.02. The number of aromatic amines is 1. The van der Waals surface area contributed by atoms with Crippen LogP contribution in [-0.4, -0.2) is 25.8 Å². The monoisotopic (exact) mass is 206 g/mol. The van der Waals surface area contributed by atoms with Crippen molar-refractivity contribution in [1.82, 2.24) is 20.0 Å². The summed E-state index contributed by atoms with van der Waals surface area (Å²) in [5.74, 6) is 0.517. The van der Waals surface area contributed by atoms with Crippen LogP contribution in [0.1, 0.15) is 31.3 Å². The van der Waals surface area contributed by atoms with Gasteiger partial charge in [-0.25, -0.2) is 4.68 Å². The molecular formula is C10H14N4O. The maximum atomic E-state index is 11.2. The van der Waals surface area contributed by atoms with Crippen LogP contribution in [0.3, 0.4) is 0 Å². The van der Waals surface area contributed by atoms with Gasteiger partial charge >= 0.3 is 0 Å². The molecule has 2 rings (SSSR count). The van der Waals surface area contributed by atoms with Gasteiger partial charge in [-0.15, -0.1) is 5.10 Å². The fourth-order valence-corrected chi connectivity index (χ4v) is 1.52. The molecule has 0 aromatic carbocycles. The van der Waals surface area contributed by atoms with Crippen molar-refractivity contribution in [3.63, 3.8) is 0 Å². The number of ketones is 1. The average molecular weight is 206 g/mol. The van der Waals surface area contributed by atoms with Crippen molar-refractivity contribution in [2.45, 2.75) is 27.3 Å². The summed E-state index contributed by atoms with van der Waals surface area (Å²) in [6.07, 6.45) is 0. The van der Waals surface area contributed by atoms with E-state index < -0.39 is 0 Å². The normalized spacial score (nSPS) is 11.5. The maximum Gasteiger partial charge on any atom is 0.176 e. The number of carbonyl (C=O) groups is 1. The standard InChI is InChI=1S/C10H14N4O/c1-6(2)5-14-10-9(12-13-14)4-8(11-10)7(3)15/h4,6,11H,5H2,1-3H3. The fourth-order valence-electron chi connectivity index (χ4n) is 1.52. The van der Waals surface area contributed by atoms with Crippen LogP contribution in [0.4, 0.5) is 0 Å². The third-order valence-corrected chi connectivity index (χ3v) is 2.21. The van der Waals surface area contributed by atoms with E-state index in [1.807, 2.05) is 0 Å². The highest BCUT2D eigenvalue weighted by atomic mass is 16.1. The van der Waals surface area contributed by atoms with E-state index in [2.05, 4.69) is 29.1 Å². The summed E-state index contributed by atoms with van der Waals surface area (Å²) < 4.78 is 1.80. The van der Waals surface area contributed by atoms with Gasteiger partial charge in [0.1, 0.15) is 5.52 Å². The molecule has 0 aliphatic heterocycles. The van der Waals surface area contributed by atoms with Gasteiger partial charge < -0.3 is 4.98 Å². The SMILES string of the molecule is CC(=O)c1cc2nnn(CC(C)C)c2[nH]1. The first-order chi connectivity index (χ1) is 7.08. The number of hydrogen-bond donors (Lipinski definition) is 1. The molecule has 0 saturated carbocycles. The molecule has 80 valence electrons. The maximum absolute atomic E-state index is 11.2. The number of carbonyl (C=O) groups excluding carboxylic acids is 1. The number of H-pyrrole nitrogens is 1. The quantitative estimate of drug-likeness (QED) is 0.776. The number of hydrogen-bond acceptors (Lipinski definition) is 3. The number of nitrogens with one attached hydrogen (secondary N) is 1. The molecule has 1 N–H and O–H groups in total. The molecule has 0 aliphatic carbocycles. The third kappa shape index (κ3) is 1.77. The molecule has 0 atom stereocenters. The highest BCUT2D eigenvalue weighted by Gasteiger charge is 2.11. The lowest BCUT2D eigenvalue weighted by Crippen LogP contribution is -2.07. The minimum Gasteiger partial charge on any atom is -0.336 e. The second kappa shape index (κ2) is 3.49. The van der Waals surface area contributed by atoms with Gasteiger partial charge in [-0.05, 0) is 12.0 Å². The van der Waals surface area contributed by atoms with E-state index in [0.29, 0.717) is 11.6 Å². The van der Waals surface area contributed by atoms with Gasteiger partial charge in [-0.2, -0.15) is 0 Å². The summed E-state index contributed by atoms with van der Waals surface area (Å²) in [7, 11) is 0. The van der Waals surface area contributed by atoms with Gasteiger partial charge in [-0.3, -0.25) is 4.79 Å². The fraction of sp³-hybridized carbons (Fsp3) is 0.500. The lowest BCUT2D eigenvalue weighted by molar-refractivity contribution is 0.101. The van der Waals surface area contributed by atoms with E-state index in [1.165, 1.54) is 6.92 Å². The molecule has 2 aromatic rings. The minimum atomic E-state index is 0.0177. The van der Waals surface area contributed by atoms with E-state index in [4.69, 9.17) is 0 Å². The van der Waals surface area contributed by atoms with Crippen molar-refractivity contribution in [1.29, 1.82) is 0 Å². The van der Waals surface area contributed by atoms with Gasteiger partial charge in [0, 0.05) is 13.5 Å². The smallest absolute Gasteiger partial charge is 0.176 e. The molecule has 5 heteroatoms. The molecule has 2 aromatic heterocycles. The Balaban J connectivity index is 2.44. The Morgan fingerprint density at radius 3 is 2.93 bits per heavy atom. The Hall–Kier alpha value is -1.65. The summed E-state index contributed by atoms with van der Waals surface area (Å²) in [6, 6.07) is 1.74. The molecule has 0 saturated heterocycles. The van der Waals surface area contributed by atoms with Crippen LogP contribution in [0.5, 0.6) is 0 Å². The van der Waals surface area contributed by atoms with Gasteiger partial charge in [0.15, 0.2) is 11.4 Å². The molecular weight excluding hydrogens is 192 g/mol. The zero-order valence-electron chi connectivity index (χ0n) is 9.11. The summed E-state index contributed by atoms with van der Waals surface area (Å²) >= 11 is 0. The van der Waals surface area contributed by atoms with Crippen molar-refractivity contribution in [2.75, 3.05) is 0 Å². The molecule has 2 heterocycles. The van der Waals surface area contributed by atoms with Crippen LogP contribution in [0.2, 0.25) is 0 Å². The number of aromatic nitrogens is 4. The summed E-state index contributed by atoms with van der Waals surface area (Å²) in [4.78, 5) is 14.2. The minimum absolute atomic E-state index is 0.0177. The first-order valence-corrected chi connectivity index (χ1v) is 5.01. The molecule has 0 aliphatic rings. The molecule has 0 spiro atoms. The van der Waals surface area contributed by atoms with E-state index >= 15 is 0 Å². The average Bonchev–Trinajstić information content (AvgIpc) is 2.66. The topological polar surface area (TPSA) is 63.6 Å². The van der Waals surface area contributed by atoms with Crippen molar-refractivity contribution < 1.29 is 4.79 Å². The Kier molecular flexibility index (Phi) is 2.30. The van der Waals surface area contributed by atoms with Gasteiger partial charge in [-0.1, -0.05) is 19.1 Å². The number of rotatable bonds is 3. The van der Waals surface area contributed by atoms with Crippen molar-refractivity contribution >= 4 is 16.9 Å². The Labute approximate surface area is 87.5 Å². The summed E-state index contributed by atoms with van der Waals surface area (Å²) in [5.41, 5.74) is 2.17. The Morgan fingerprint density at radius 2 is 2.33 bits per heavy atom. The van der Waals surface area contributed by atoms with Crippen LogP contribution in [0.15, 0.2) is 6.07 Å². The summed E-state index contributed by atoms with van der Waals surface area (Å²) in [6.45, 7) is 6.56. The largest absolute Gasteiger partial charge is 0.336 e. The van der Waals surface area contributed by atoms with E-state index in [9.17, 15) is 4.79 Å². The van der Waals surface area contributed by atoms with Crippen LogP contribution in [0.25, 0.3) is 11.2 Å². The van der Waals surface area contributed by atoms with Crippen LogP contribution in [-0.2, 0) is 6.54 Å². The van der Waals surface area contributed by atoms with Gasteiger partial charge in [0.2, 0.25) is 0 Å². The number of nitrogens with zero attached hydrogens (tertiary/aromatic N) is 3. The first kappa shape index (κ1) is 9.89. The molecule has 5 nitrogen and oxygen atoms in total. The Bertz CT molecular complexity index is 494. The van der Waals surface area contributed by atoms with Gasteiger partial charge in [0.25, 0.3) is 0 Å². The van der Waals surface area contributed by atoms with Crippen molar-refractivity contribution in [2.24, 2.45) is 5.92 Å².